The quantitative estimate of drug-likeness (QED) is 0.900. The molecule has 0 saturated heterocycles. The molecule has 0 fully saturated rings. The Labute approximate surface area is 154 Å². The Hall–Kier alpha value is -2.88. The first-order valence-corrected chi connectivity index (χ1v) is 9.00. The fourth-order valence-corrected chi connectivity index (χ4v) is 3.14. The molecule has 0 bridgehead atoms. The first-order chi connectivity index (χ1) is 12.6. The van der Waals surface area contributed by atoms with Gasteiger partial charge >= 0.3 is 0 Å². The fourth-order valence-electron chi connectivity index (χ4n) is 3.14. The molecule has 3 rings (SSSR count). The number of aryl methyl sites for hydroxylation is 1. The summed E-state index contributed by atoms with van der Waals surface area (Å²) in [4.78, 5) is 26.3. The first kappa shape index (κ1) is 17.9. The van der Waals surface area contributed by atoms with Crippen LogP contribution in [0.4, 0.5) is 0 Å². The van der Waals surface area contributed by atoms with Crippen molar-refractivity contribution in [3.8, 4) is 0 Å². The summed E-state index contributed by atoms with van der Waals surface area (Å²) >= 11 is 0. The van der Waals surface area contributed by atoms with E-state index in [0.717, 1.165) is 18.5 Å². The van der Waals surface area contributed by atoms with Crippen molar-refractivity contribution in [1.29, 1.82) is 0 Å². The van der Waals surface area contributed by atoms with Crippen molar-refractivity contribution in [2.45, 2.75) is 19.8 Å². The van der Waals surface area contributed by atoms with Gasteiger partial charge in [0, 0.05) is 31.6 Å². The molecule has 0 saturated carbocycles. The van der Waals surface area contributed by atoms with Crippen LogP contribution >= 0.6 is 0 Å². The van der Waals surface area contributed by atoms with Crippen molar-refractivity contribution in [2.24, 2.45) is 0 Å². The maximum absolute atomic E-state index is 12.4. The Balaban J connectivity index is 1.46. The molecule has 1 heterocycles. The van der Waals surface area contributed by atoms with Crippen LogP contribution in [0, 0.1) is 6.92 Å². The normalized spacial score (nSPS) is 13.9. The molecule has 1 aliphatic heterocycles. The monoisotopic (exact) mass is 348 g/mol. The van der Waals surface area contributed by atoms with Crippen molar-refractivity contribution in [2.75, 3.05) is 19.6 Å². The molecule has 2 aromatic rings. The van der Waals surface area contributed by atoms with Gasteiger partial charge in [0.15, 0.2) is 0 Å². The molecule has 2 amide bonds. The summed E-state index contributed by atoms with van der Waals surface area (Å²) in [6.45, 7) is 3.67. The summed E-state index contributed by atoms with van der Waals surface area (Å²) in [5.41, 5.74) is 4.20. The van der Waals surface area contributed by atoms with Crippen LogP contribution in [0.2, 0.25) is 0 Å². The zero-order chi connectivity index (χ0) is 18.4. The lowest BCUT2D eigenvalue weighted by atomic mass is 9.99. The lowest BCUT2D eigenvalue weighted by molar-refractivity contribution is -0.130. The van der Waals surface area contributed by atoms with Gasteiger partial charge in [-0.15, -0.1) is 0 Å². The van der Waals surface area contributed by atoms with Gasteiger partial charge in [0.05, 0.1) is 0 Å². The van der Waals surface area contributed by atoms with Crippen LogP contribution in [0.15, 0.2) is 60.7 Å². The van der Waals surface area contributed by atoms with Crippen molar-refractivity contribution in [3.05, 3.63) is 77.4 Å². The molecule has 0 spiro atoms. The van der Waals surface area contributed by atoms with Crippen molar-refractivity contribution >= 4 is 17.4 Å². The van der Waals surface area contributed by atoms with Crippen LogP contribution < -0.4 is 5.32 Å². The molecule has 4 heteroatoms. The predicted molar refractivity (Wildman–Crippen MR) is 104 cm³/mol. The van der Waals surface area contributed by atoms with Gasteiger partial charge in [0.1, 0.15) is 0 Å². The third-order valence-electron chi connectivity index (χ3n) is 4.61. The lowest BCUT2D eigenvalue weighted by Gasteiger charge is -2.26. The summed E-state index contributed by atoms with van der Waals surface area (Å²) in [6.07, 6.45) is 3.32. The standard InChI is InChI=1S/C22H24N2O2/c1-17-6-5-9-20(16-17)22(26)23-13-10-21(25)24-14-11-19(12-15-24)18-7-3-2-4-8-18/h2-9,11,16H,10,12-15H2,1H3,(H,23,26). The molecular formula is C22H24N2O2. The number of hydrogen-bond donors (Lipinski definition) is 1. The van der Waals surface area contributed by atoms with E-state index < -0.39 is 0 Å². The van der Waals surface area contributed by atoms with Crippen LogP contribution in [0.25, 0.3) is 5.57 Å². The topological polar surface area (TPSA) is 49.4 Å². The highest BCUT2D eigenvalue weighted by atomic mass is 16.2. The van der Waals surface area contributed by atoms with Gasteiger partial charge in [-0.3, -0.25) is 9.59 Å². The van der Waals surface area contributed by atoms with Crippen LogP contribution in [0.3, 0.4) is 0 Å². The van der Waals surface area contributed by atoms with E-state index in [9.17, 15) is 9.59 Å². The summed E-state index contributed by atoms with van der Waals surface area (Å²) in [6, 6.07) is 17.7. The molecule has 26 heavy (non-hydrogen) atoms. The van der Waals surface area contributed by atoms with Gasteiger partial charge in [0.2, 0.25) is 5.91 Å². The Bertz CT molecular complexity index is 812. The largest absolute Gasteiger partial charge is 0.352 e. The van der Waals surface area contributed by atoms with E-state index in [4.69, 9.17) is 0 Å². The summed E-state index contributed by atoms with van der Waals surface area (Å²) < 4.78 is 0. The van der Waals surface area contributed by atoms with Crippen LogP contribution in [0.5, 0.6) is 0 Å². The number of rotatable bonds is 5. The van der Waals surface area contributed by atoms with Crippen molar-refractivity contribution < 1.29 is 9.59 Å². The second-order valence-corrected chi connectivity index (χ2v) is 6.56. The zero-order valence-corrected chi connectivity index (χ0v) is 15.1. The summed E-state index contributed by atoms with van der Waals surface area (Å²) in [7, 11) is 0. The number of carbonyl (C=O) groups excluding carboxylic acids is 2. The van der Waals surface area contributed by atoms with Gasteiger partial charge < -0.3 is 10.2 Å². The molecular weight excluding hydrogens is 324 g/mol. The number of nitrogens with one attached hydrogen (secondary N) is 1. The maximum Gasteiger partial charge on any atom is 0.251 e. The predicted octanol–water partition coefficient (Wildman–Crippen LogP) is 3.43. The third-order valence-corrected chi connectivity index (χ3v) is 4.61. The van der Waals surface area contributed by atoms with E-state index in [2.05, 4.69) is 23.5 Å². The summed E-state index contributed by atoms with van der Waals surface area (Å²) in [5.74, 6) is -0.0516. The average molecular weight is 348 g/mol. The molecule has 0 aromatic heterocycles. The number of amides is 2. The second-order valence-electron chi connectivity index (χ2n) is 6.56. The Kier molecular flexibility index (Phi) is 5.84. The third kappa shape index (κ3) is 4.60. The Morgan fingerprint density at radius 3 is 2.58 bits per heavy atom. The van der Waals surface area contributed by atoms with Crippen LogP contribution in [-0.2, 0) is 4.79 Å². The molecule has 134 valence electrons. The molecule has 1 N–H and O–H groups in total. The Morgan fingerprint density at radius 1 is 1.08 bits per heavy atom. The molecule has 0 unspecified atom stereocenters. The van der Waals surface area contributed by atoms with Crippen molar-refractivity contribution in [1.82, 2.24) is 10.2 Å². The molecule has 0 radical (unpaired) electrons. The minimum absolute atomic E-state index is 0.0814. The van der Waals surface area contributed by atoms with E-state index in [1.807, 2.05) is 48.2 Å². The fraction of sp³-hybridized carbons (Fsp3) is 0.273. The summed E-state index contributed by atoms with van der Waals surface area (Å²) in [5, 5.41) is 2.83. The minimum Gasteiger partial charge on any atom is -0.352 e. The molecule has 1 aliphatic rings. The number of carbonyl (C=O) groups is 2. The minimum atomic E-state index is -0.133. The second kappa shape index (κ2) is 8.48. The zero-order valence-electron chi connectivity index (χ0n) is 15.1. The number of hydrogen-bond acceptors (Lipinski definition) is 2. The van der Waals surface area contributed by atoms with Gasteiger partial charge in [-0.05, 0) is 36.6 Å². The lowest BCUT2D eigenvalue weighted by Crippen LogP contribution is -2.37. The van der Waals surface area contributed by atoms with Gasteiger partial charge in [-0.1, -0.05) is 54.1 Å². The first-order valence-electron chi connectivity index (χ1n) is 9.00. The average Bonchev–Trinajstić information content (AvgIpc) is 2.68. The van der Waals surface area contributed by atoms with Crippen LogP contribution in [-0.4, -0.2) is 36.3 Å². The smallest absolute Gasteiger partial charge is 0.251 e. The van der Waals surface area contributed by atoms with Crippen LogP contribution in [0.1, 0.15) is 34.3 Å². The van der Waals surface area contributed by atoms with E-state index in [0.29, 0.717) is 25.1 Å². The van der Waals surface area contributed by atoms with Gasteiger partial charge in [-0.25, -0.2) is 0 Å². The van der Waals surface area contributed by atoms with Gasteiger partial charge in [-0.2, -0.15) is 0 Å². The van der Waals surface area contributed by atoms with E-state index in [-0.39, 0.29) is 11.8 Å². The van der Waals surface area contributed by atoms with E-state index >= 15 is 0 Å². The molecule has 0 aliphatic carbocycles. The number of benzene rings is 2. The highest BCUT2D eigenvalue weighted by Crippen LogP contribution is 2.22. The Morgan fingerprint density at radius 2 is 1.88 bits per heavy atom. The van der Waals surface area contributed by atoms with Gasteiger partial charge in [0.25, 0.3) is 5.91 Å². The molecule has 2 aromatic carbocycles. The highest BCUT2D eigenvalue weighted by Gasteiger charge is 2.17. The van der Waals surface area contributed by atoms with E-state index in [1.54, 1.807) is 6.07 Å². The van der Waals surface area contributed by atoms with E-state index in [1.165, 1.54) is 11.1 Å². The molecule has 0 atom stereocenters. The maximum atomic E-state index is 12.4. The SMILES string of the molecule is Cc1cccc(C(=O)NCCC(=O)N2CC=C(c3ccccc3)CC2)c1. The van der Waals surface area contributed by atoms with Crippen molar-refractivity contribution in [3.63, 3.8) is 0 Å². The molecule has 4 nitrogen and oxygen atoms in total. The highest BCUT2D eigenvalue weighted by molar-refractivity contribution is 5.94. The number of nitrogens with zero attached hydrogens (tertiary/aromatic N) is 1.